The van der Waals surface area contributed by atoms with Crippen LogP contribution in [-0.2, 0) is 14.6 Å². The van der Waals surface area contributed by atoms with Gasteiger partial charge < -0.3 is 15.4 Å². The van der Waals surface area contributed by atoms with Crippen LogP contribution in [0.5, 0.6) is 5.75 Å². The molecule has 1 aliphatic heterocycles. The van der Waals surface area contributed by atoms with Gasteiger partial charge in [0, 0.05) is 6.04 Å². The number of sulfone groups is 1. The molecule has 132 valence electrons. The lowest BCUT2D eigenvalue weighted by molar-refractivity contribution is -0.120. The molecule has 0 bridgehead atoms. The van der Waals surface area contributed by atoms with Gasteiger partial charge >= 0.3 is 0 Å². The number of carbonyl (C=O) groups excluding carboxylic acids is 2. The van der Waals surface area contributed by atoms with Crippen LogP contribution in [0.3, 0.4) is 0 Å². The van der Waals surface area contributed by atoms with Gasteiger partial charge in [0.25, 0.3) is 5.91 Å². The molecule has 1 aromatic carbocycles. The summed E-state index contributed by atoms with van der Waals surface area (Å²) in [6, 6.07) is 2.51. The van der Waals surface area contributed by atoms with Crippen molar-refractivity contribution in [1.29, 1.82) is 0 Å². The Hall–Kier alpha value is -1.51. The summed E-state index contributed by atoms with van der Waals surface area (Å²) in [5.41, 5.74) is 0.0305. The molecule has 1 atom stereocenters. The fraction of sp³-hybridized carbons (Fsp3) is 0.429. The van der Waals surface area contributed by atoms with E-state index in [1.165, 1.54) is 19.2 Å². The Morgan fingerprint density at radius 3 is 2.54 bits per heavy atom. The average molecular weight is 395 g/mol. The van der Waals surface area contributed by atoms with E-state index in [1.807, 2.05) is 0 Å². The molecule has 0 aliphatic carbocycles. The number of nitrogens with one attached hydrogen (secondary N) is 2. The van der Waals surface area contributed by atoms with Gasteiger partial charge in [-0.25, -0.2) is 8.42 Å². The summed E-state index contributed by atoms with van der Waals surface area (Å²) in [5, 5.41) is 5.34. The standard InChI is InChI=1S/C14H16Cl2N2O5S/c1-23-13-10(16)3-2-9(15)12(13)14(20)17-6-11(19)18-8-4-5-24(21,22)7-8/h2-3,8H,4-7H2,1H3,(H,17,20)(H,18,19). The Bertz CT molecular complexity index is 767. The lowest BCUT2D eigenvalue weighted by Gasteiger charge is -2.14. The molecule has 1 unspecified atom stereocenters. The normalized spacial score (nSPS) is 18.9. The molecule has 2 N–H and O–H groups in total. The van der Waals surface area contributed by atoms with Gasteiger partial charge in [0.1, 0.15) is 5.56 Å². The molecule has 0 spiro atoms. The van der Waals surface area contributed by atoms with Gasteiger partial charge in [-0.15, -0.1) is 0 Å². The van der Waals surface area contributed by atoms with E-state index in [-0.39, 0.29) is 39.4 Å². The minimum atomic E-state index is -3.09. The van der Waals surface area contributed by atoms with Crippen LogP contribution in [0.2, 0.25) is 10.0 Å². The maximum absolute atomic E-state index is 12.2. The molecule has 2 amide bonds. The van der Waals surface area contributed by atoms with Crippen LogP contribution in [0, 0.1) is 0 Å². The largest absolute Gasteiger partial charge is 0.494 e. The van der Waals surface area contributed by atoms with Crippen molar-refractivity contribution in [1.82, 2.24) is 10.6 Å². The molecular weight excluding hydrogens is 379 g/mol. The van der Waals surface area contributed by atoms with Crippen LogP contribution in [0.25, 0.3) is 0 Å². The smallest absolute Gasteiger partial charge is 0.257 e. The third kappa shape index (κ3) is 4.52. The van der Waals surface area contributed by atoms with Crippen molar-refractivity contribution in [2.24, 2.45) is 0 Å². The Morgan fingerprint density at radius 2 is 1.96 bits per heavy atom. The first kappa shape index (κ1) is 18.8. The van der Waals surface area contributed by atoms with Crippen molar-refractivity contribution >= 4 is 44.9 Å². The lowest BCUT2D eigenvalue weighted by atomic mass is 10.2. The minimum absolute atomic E-state index is 0.0305. The van der Waals surface area contributed by atoms with Gasteiger partial charge in [0.05, 0.1) is 35.2 Å². The molecule has 1 saturated heterocycles. The Labute approximate surface area is 149 Å². The van der Waals surface area contributed by atoms with Crippen molar-refractivity contribution in [3.8, 4) is 5.75 Å². The number of halogens is 2. The number of amides is 2. The molecule has 0 saturated carbocycles. The molecule has 1 heterocycles. The van der Waals surface area contributed by atoms with Crippen LogP contribution >= 0.6 is 23.2 Å². The number of benzene rings is 1. The molecular formula is C14H16Cl2N2O5S. The first-order chi connectivity index (χ1) is 11.2. The second kappa shape index (κ2) is 7.58. The van der Waals surface area contributed by atoms with Crippen molar-refractivity contribution in [3.63, 3.8) is 0 Å². The minimum Gasteiger partial charge on any atom is -0.494 e. The van der Waals surface area contributed by atoms with Gasteiger partial charge in [-0.2, -0.15) is 0 Å². The Balaban J connectivity index is 1.96. The van der Waals surface area contributed by atoms with Crippen LogP contribution in [0.1, 0.15) is 16.8 Å². The number of carbonyl (C=O) groups is 2. The molecule has 0 aromatic heterocycles. The first-order valence-electron chi connectivity index (χ1n) is 7.03. The van der Waals surface area contributed by atoms with Gasteiger partial charge in [0.15, 0.2) is 15.6 Å². The van der Waals surface area contributed by atoms with E-state index in [1.54, 1.807) is 0 Å². The maximum atomic E-state index is 12.2. The number of hydrogen-bond acceptors (Lipinski definition) is 5. The summed E-state index contributed by atoms with van der Waals surface area (Å²) < 4.78 is 27.8. The van der Waals surface area contributed by atoms with E-state index in [2.05, 4.69) is 10.6 Å². The molecule has 10 heteroatoms. The van der Waals surface area contributed by atoms with Crippen LogP contribution in [-0.4, -0.2) is 51.4 Å². The van der Waals surface area contributed by atoms with E-state index >= 15 is 0 Å². The zero-order chi connectivity index (χ0) is 17.9. The molecule has 0 radical (unpaired) electrons. The molecule has 1 aromatic rings. The third-order valence-corrected chi connectivity index (χ3v) is 5.88. The predicted octanol–water partition coefficient (Wildman–Crippen LogP) is 1.04. The highest BCUT2D eigenvalue weighted by Crippen LogP contribution is 2.33. The number of ether oxygens (including phenoxy) is 1. The highest BCUT2D eigenvalue weighted by molar-refractivity contribution is 7.91. The van der Waals surface area contributed by atoms with Gasteiger partial charge in [-0.3, -0.25) is 9.59 Å². The first-order valence-corrected chi connectivity index (χ1v) is 9.61. The van der Waals surface area contributed by atoms with Gasteiger partial charge in [-0.1, -0.05) is 23.2 Å². The maximum Gasteiger partial charge on any atom is 0.257 e. The van der Waals surface area contributed by atoms with E-state index in [4.69, 9.17) is 27.9 Å². The second-order valence-corrected chi connectivity index (χ2v) is 8.33. The fourth-order valence-corrected chi connectivity index (χ4v) is 4.52. The Kier molecular flexibility index (Phi) is 5.95. The number of rotatable bonds is 5. The highest BCUT2D eigenvalue weighted by Gasteiger charge is 2.29. The summed E-state index contributed by atoms with van der Waals surface area (Å²) in [6.45, 7) is -0.318. The van der Waals surface area contributed by atoms with Crippen LogP contribution < -0.4 is 15.4 Å². The SMILES string of the molecule is COc1c(Cl)ccc(Cl)c1C(=O)NCC(=O)NC1CCS(=O)(=O)C1. The monoisotopic (exact) mass is 394 g/mol. The molecule has 7 nitrogen and oxygen atoms in total. The summed E-state index contributed by atoms with van der Waals surface area (Å²) in [7, 11) is -1.74. The van der Waals surface area contributed by atoms with Crippen LogP contribution in [0.15, 0.2) is 12.1 Å². The highest BCUT2D eigenvalue weighted by atomic mass is 35.5. The number of hydrogen-bond donors (Lipinski definition) is 2. The third-order valence-electron chi connectivity index (χ3n) is 3.50. The van der Waals surface area contributed by atoms with Crippen molar-refractivity contribution in [2.75, 3.05) is 25.2 Å². The quantitative estimate of drug-likeness (QED) is 0.776. The lowest BCUT2D eigenvalue weighted by Crippen LogP contribution is -2.42. The van der Waals surface area contributed by atoms with E-state index < -0.39 is 27.7 Å². The van der Waals surface area contributed by atoms with Crippen molar-refractivity contribution in [2.45, 2.75) is 12.5 Å². The van der Waals surface area contributed by atoms with E-state index in [0.717, 1.165) is 0 Å². The Morgan fingerprint density at radius 1 is 1.29 bits per heavy atom. The fourth-order valence-electron chi connectivity index (χ4n) is 2.38. The molecule has 1 aliphatic rings. The topological polar surface area (TPSA) is 102 Å². The second-order valence-electron chi connectivity index (χ2n) is 5.29. The van der Waals surface area contributed by atoms with Crippen LogP contribution in [0.4, 0.5) is 0 Å². The molecule has 1 fully saturated rings. The van der Waals surface area contributed by atoms with E-state index in [9.17, 15) is 18.0 Å². The average Bonchev–Trinajstić information content (AvgIpc) is 2.85. The number of methoxy groups -OCH3 is 1. The van der Waals surface area contributed by atoms with E-state index in [0.29, 0.717) is 6.42 Å². The summed E-state index contributed by atoms with van der Waals surface area (Å²) in [5.74, 6) is -1.01. The summed E-state index contributed by atoms with van der Waals surface area (Å²) in [4.78, 5) is 24.1. The zero-order valence-electron chi connectivity index (χ0n) is 12.8. The molecule has 24 heavy (non-hydrogen) atoms. The summed E-state index contributed by atoms with van der Waals surface area (Å²) in [6.07, 6.45) is 0.371. The van der Waals surface area contributed by atoms with Gasteiger partial charge in [-0.05, 0) is 18.6 Å². The van der Waals surface area contributed by atoms with Gasteiger partial charge in [0.2, 0.25) is 5.91 Å². The van der Waals surface area contributed by atoms with Crippen molar-refractivity contribution in [3.05, 3.63) is 27.7 Å². The molecule has 2 rings (SSSR count). The summed E-state index contributed by atoms with van der Waals surface area (Å²) >= 11 is 11.9. The predicted molar refractivity (Wildman–Crippen MR) is 90.5 cm³/mol. The van der Waals surface area contributed by atoms with Crippen molar-refractivity contribution < 1.29 is 22.7 Å². The zero-order valence-corrected chi connectivity index (χ0v) is 15.1.